The molecule has 2 amide bonds. The standard InChI is InChI=1S/C19H24ClN3O10S/c1-9(2)33-19(28)32-8-31-18(27)14-10(6-29-3)7-34-17-13(16(26)23(14)17)21-15(25)12(22-30-4)11(24)5-20/h9,13,17H,5-8H2,1-4H3,(H,21,25)/t13?,17-/m0/s1. The van der Waals surface area contributed by atoms with Crippen LogP contribution in [0, 0.1) is 0 Å². The van der Waals surface area contributed by atoms with Crippen molar-refractivity contribution in [3.63, 3.8) is 0 Å². The summed E-state index contributed by atoms with van der Waals surface area (Å²) in [5, 5.41) is 5.12. The normalized spacial score (nSPS) is 19.8. The fourth-order valence-electron chi connectivity index (χ4n) is 2.97. The molecule has 1 saturated heterocycles. The fraction of sp³-hybridized carbons (Fsp3) is 0.579. The number of thioether (sulfide) groups is 1. The molecule has 1 N–H and O–H groups in total. The number of hydrogen-bond acceptors (Lipinski definition) is 12. The first-order valence-electron chi connectivity index (χ1n) is 9.83. The van der Waals surface area contributed by atoms with E-state index in [1.807, 2.05) is 0 Å². The summed E-state index contributed by atoms with van der Waals surface area (Å²) < 4.78 is 19.5. The number of carbonyl (C=O) groups excluding carboxylic acids is 5. The molecule has 2 rings (SSSR count). The summed E-state index contributed by atoms with van der Waals surface area (Å²) in [6.45, 7) is 2.55. The summed E-state index contributed by atoms with van der Waals surface area (Å²) in [6.07, 6.45) is -1.44. The number of ether oxygens (including phenoxy) is 4. The highest BCUT2D eigenvalue weighted by molar-refractivity contribution is 8.00. The first-order valence-corrected chi connectivity index (χ1v) is 11.4. The second kappa shape index (κ2) is 12.6. The van der Waals surface area contributed by atoms with Gasteiger partial charge >= 0.3 is 12.1 Å². The van der Waals surface area contributed by atoms with E-state index in [0.717, 1.165) is 12.0 Å². The molecule has 0 aromatic carbocycles. The molecule has 2 heterocycles. The van der Waals surface area contributed by atoms with Crippen molar-refractivity contribution in [3.05, 3.63) is 11.3 Å². The Morgan fingerprint density at radius 3 is 2.53 bits per heavy atom. The summed E-state index contributed by atoms with van der Waals surface area (Å²) in [4.78, 5) is 66.9. The van der Waals surface area contributed by atoms with Gasteiger partial charge in [0.1, 0.15) is 24.2 Å². The second-order valence-corrected chi connectivity index (χ2v) is 8.41. The molecule has 188 valence electrons. The number of hydrogen-bond donors (Lipinski definition) is 1. The van der Waals surface area contributed by atoms with Crippen molar-refractivity contribution < 1.29 is 47.8 Å². The number of oxime groups is 1. The number of halogens is 1. The van der Waals surface area contributed by atoms with Gasteiger partial charge in [-0.2, -0.15) is 0 Å². The van der Waals surface area contributed by atoms with Crippen molar-refractivity contribution in [2.24, 2.45) is 5.16 Å². The number of carbonyl (C=O) groups is 5. The van der Waals surface area contributed by atoms with E-state index in [1.54, 1.807) is 13.8 Å². The number of rotatable bonds is 11. The van der Waals surface area contributed by atoms with Gasteiger partial charge in [-0.3, -0.25) is 19.3 Å². The lowest BCUT2D eigenvalue weighted by Gasteiger charge is -2.49. The van der Waals surface area contributed by atoms with E-state index < -0.39 is 65.6 Å². The first kappa shape index (κ1) is 27.4. The minimum absolute atomic E-state index is 0.0378. The molecule has 13 nitrogen and oxygen atoms in total. The maximum absolute atomic E-state index is 12.8. The molecule has 15 heteroatoms. The molecule has 0 aromatic heterocycles. The topological polar surface area (TPSA) is 159 Å². The van der Waals surface area contributed by atoms with Crippen LogP contribution in [0.3, 0.4) is 0 Å². The number of methoxy groups -OCH3 is 1. The maximum atomic E-state index is 12.8. The van der Waals surface area contributed by atoms with Crippen LogP contribution in [0.1, 0.15) is 13.8 Å². The number of esters is 1. The van der Waals surface area contributed by atoms with Crippen LogP contribution in [0.15, 0.2) is 16.4 Å². The third-order valence-electron chi connectivity index (χ3n) is 4.33. The van der Waals surface area contributed by atoms with Gasteiger partial charge in [-0.05, 0) is 19.4 Å². The zero-order valence-electron chi connectivity index (χ0n) is 18.8. The molecule has 0 aromatic rings. The number of alkyl halides is 1. The van der Waals surface area contributed by atoms with Crippen LogP contribution in [0.2, 0.25) is 0 Å². The average Bonchev–Trinajstić information content (AvgIpc) is 2.79. The molecular formula is C19H24ClN3O10S. The lowest BCUT2D eigenvalue weighted by molar-refractivity contribution is -0.158. The monoisotopic (exact) mass is 521 g/mol. The van der Waals surface area contributed by atoms with Gasteiger partial charge in [0.05, 0.1) is 18.6 Å². The number of nitrogens with zero attached hydrogens (tertiary/aromatic N) is 2. The number of fused-ring (bicyclic) bond motifs is 1. The van der Waals surface area contributed by atoms with E-state index in [-0.39, 0.29) is 18.1 Å². The van der Waals surface area contributed by atoms with Gasteiger partial charge in [0.2, 0.25) is 18.3 Å². The lowest BCUT2D eigenvalue weighted by atomic mass is 10.0. The lowest BCUT2D eigenvalue weighted by Crippen LogP contribution is -2.71. The van der Waals surface area contributed by atoms with Gasteiger partial charge in [0.25, 0.3) is 11.8 Å². The molecule has 2 aliphatic heterocycles. The van der Waals surface area contributed by atoms with Crippen LogP contribution in [0.25, 0.3) is 0 Å². The van der Waals surface area contributed by atoms with E-state index >= 15 is 0 Å². The third kappa shape index (κ3) is 6.39. The van der Waals surface area contributed by atoms with Gasteiger partial charge in [-0.15, -0.1) is 23.4 Å². The quantitative estimate of drug-likeness (QED) is 0.0750. The van der Waals surface area contributed by atoms with E-state index in [1.165, 1.54) is 18.9 Å². The van der Waals surface area contributed by atoms with Crippen molar-refractivity contribution in [1.29, 1.82) is 0 Å². The van der Waals surface area contributed by atoms with Crippen LogP contribution in [-0.4, -0.2) is 97.1 Å². The second-order valence-electron chi connectivity index (χ2n) is 7.04. The molecule has 1 unspecified atom stereocenters. The number of amides is 2. The smallest absolute Gasteiger partial charge is 0.431 e. The summed E-state index contributed by atoms with van der Waals surface area (Å²) in [7, 11) is 2.57. The Balaban J connectivity index is 2.12. The van der Waals surface area contributed by atoms with E-state index in [9.17, 15) is 24.0 Å². The minimum atomic E-state index is -1.05. The summed E-state index contributed by atoms with van der Waals surface area (Å²) in [6, 6.07) is -1.05. The summed E-state index contributed by atoms with van der Waals surface area (Å²) in [5.41, 5.74) is -0.203. The molecule has 0 aliphatic carbocycles. The third-order valence-corrected chi connectivity index (χ3v) is 5.91. The Bertz CT molecular complexity index is 907. The molecular weight excluding hydrogens is 498 g/mol. The molecule has 0 saturated carbocycles. The van der Waals surface area contributed by atoms with E-state index in [4.69, 9.17) is 25.8 Å². The van der Waals surface area contributed by atoms with E-state index in [2.05, 4.69) is 20.0 Å². The average molecular weight is 522 g/mol. The number of β-lactam (4-membered cyclic amide) rings is 1. The summed E-state index contributed by atoms with van der Waals surface area (Å²) in [5.74, 6) is -3.50. The summed E-state index contributed by atoms with van der Waals surface area (Å²) >= 11 is 6.75. The molecule has 2 atom stereocenters. The molecule has 0 bridgehead atoms. The predicted molar refractivity (Wildman–Crippen MR) is 118 cm³/mol. The zero-order chi connectivity index (χ0) is 25.4. The molecule has 2 aliphatic rings. The SMILES string of the molecule is COCC1=C(C(=O)OCOC(=O)OC(C)C)N2C(=O)C(NC(=O)C(=NOC)C(=O)CCl)[C@@H]2SC1. The van der Waals surface area contributed by atoms with Gasteiger partial charge in [-0.25, -0.2) is 9.59 Å². The van der Waals surface area contributed by atoms with Crippen molar-refractivity contribution in [1.82, 2.24) is 10.2 Å². The molecule has 0 radical (unpaired) electrons. The van der Waals surface area contributed by atoms with Crippen LogP contribution in [0.4, 0.5) is 4.79 Å². The number of nitrogens with one attached hydrogen (secondary N) is 1. The predicted octanol–water partition coefficient (Wildman–Crippen LogP) is 0.159. The number of Topliss-reactive ketones (excluding diaryl/α,β-unsaturated/α-hetero) is 1. The van der Waals surface area contributed by atoms with Crippen LogP contribution >= 0.6 is 23.4 Å². The Morgan fingerprint density at radius 2 is 1.94 bits per heavy atom. The Hall–Kier alpha value is -2.84. The Morgan fingerprint density at radius 1 is 1.24 bits per heavy atom. The Labute approximate surface area is 204 Å². The molecule has 1 fully saturated rings. The van der Waals surface area contributed by atoms with E-state index in [0.29, 0.717) is 5.57 Å². The van der Waals surface area contributed by atoms with Gasteiger partial charge in [0.15, 0.2) is 0 Å². The maximum Gasteiger partial charge on any atom is 0.511 e. The van der Waals surface area contributed by atoms with Crippen molar-refractivity contribution in [2.45, 2.75) is 31.4 Å². The minimum Gasteiger partial charge on any atom is -0.431 e. The van der Waals surface area contributed by atoms with Crippen LogP contribution in [0.5, 0.6) is 0 Å². The molecule has 0 spiro atoms. The largest absolute Gasteiger partial charge is 0.511 e. The van der Waals surface area contributed by atoms with Crippen LogP contribution in [-0.2, 0) is 43.0 Å². The highest BCUT2D eigenvalue weighted by Crippen LogP contribution is 2.40. The van der Waals surface area contributed by atoms with Crippen LogP contribution < -0.4 is 5.32 Å². The van der Waals surface area contributed by atoms with Crippen molar-refractivity contribution in [2.75, 3.05) is 39.3 Å². The number of ketones is 1. The van der Waals surface area contributed by atoms with Gasteiger partial charge in [-0.1, -0.05) is 5.16 Å². The van der Waals surface area contributed by atoms with Crippen molar-refractivity contribution in [3.8, 4) is 0 Å². The highest BCUT2D eigenvalue weighted by atomic mass is 35.5. The molecule has 34 heavy (non-hydrogen) atoms. The van der Waals surface area contributed by atoms with Gasteiger partial charge in [0, 0.05) is 12.9 Å². The highest BCUT2D eigenvalue weighted by Gasteiger charge is 2.54. The van der Waals surface area contributed by atoms with Crippen molar-refractivity contribution >= 4 is 58.8 Å². The Kier molecular flexibility index (Phi) is 10.1. The first-order chi connectivity index (χ1) is 16.2. The fourth-order valence-corrected chi connectivity index (χ4v) is 4.42. The van der Waals surface area contributed by atoms with Gasteiger partial charge < -0.3 is 29.1 Å². The zero-order valence-corrected chi connectivity index (χ0v) is 20.4.